The van der Waals surface area contributed by atoms with Crippen molar-refractivity contribution in [2.75, 3.05) is 13.2 Å². The lowest BCUT2D eigenvalue weighted by molar-refractivity contribution is -0.383. The summed E-state index contributed by atoms with van der Waals surface area (Å²) in [5.41, 5.74) is 2.70. The summed E-state index contributed by atoms with van der Waals surface area (Å²) >= 11 is 0. The fourth-order valence-corrected chi connectivity index (χ4v) is 18.3. The number of hydrogen-bond acceptors (Lipinski definition) is 14. The summed E-state index contributed by atoms with van der Waals surface area (Å²) in [5, 5.41) is 4.87. The van der Waals surface area contributed by atoms with Crippen LogP contribution in [-0.2, 0) is 99.4 Å². The van der Waals surface area contributed by atoms with E-state index in [1.165, 1.54) is 21.5 Å². The average Bonchev–Trinajstić information content (AvgIpc) is 1.31. The van der Waals surface area contributed by atoms with E-state index in [4.69, 9.17) is 66.3 Å². The number of fused-ring (bicyclic) bond motifs is 10. The van der Waals surface area contributed by atoms with Crippen molar-refractivity contribution in [2.45, 2.75) is 264 Å². The van der Waals surface area contributed by atoms with Crippen molar-refractivity contribution in [3.05, 3.63) is 216 Å². The van der Waals surface area contributed by atoms with Crippen molar-refractivity contribution in [2.24, 2.45) is 5.92 Å². The summed E-state index contributed by atoms with van der Waals surface area (Å²) in [4.78, 5) is 0. The molecule has 14 heteroatoms. The Labute approximate surface area is 584 Å². The second-order valence-electron chi connectivity index (χ2n) is 30.8. The molecule has 14 nitrogen and oxygen atoms in total. The molecule has 524 valence electrons. The van der Waals surface area contributed by atoms with Crippen molar-refractivity contribution < 1.29 is 66.3 Å². The summed E-state index contributed by atoms with van der Waals surface area (Å²) in [6.07, 6.45) is 7.51. The van der Waals surface area contributed by atoms with Gasteiger partial charge < -0.3 is 66.3 Å². The molecule has 9 aliphatic rings. The Bertz CT molecular complexity index is 3860. The molecule has 0 bridgehead atoms. The molecule has 0 aliphatic carbocycles. The van der Waals surface area contributed by atoms with Gasteiger partial charge in [0.05, 0.1) is 142 Å². The van der Waals surface area contributed by atoms with E-state index in [-0.39, 0.29) is 91.4 Å². The molecule has 9 heterocycles. The Hall–Kier alpha value is -5.76. The van der Waals surface area contributed by atoms with E-state index in [1.54, 1.807) is 0 Å². The molecule has 0 amide bonds. The van der Waals surface area contributed by atoms with Gasteiger partial charge in [0.1, 0.15) is 23.9 Å². The molecule has 16 rings (SSSR count). The van der Waals surface area contributed by atoms with Gasteiger partial charge >= 0.3 is 0 Å². The lowest BCUT2D eigenvalue weighted by atomic mass is 9.72. The summed E-state index contributed by atoms with van der Waals surface area (Å²) < 4.78 is 101. The molecule has 0 saturated carbocycles. The first-order valence-electron chi connectivity index (χ1n) is 37.0. The van der Waals surface area contributed by atoms with Gasteiger partial charge in [-0.3, -0.25) is 0 Å². The molecule has 7 aromatic carbocycles. The SMILES string of the molecule is C[C@H]1/C=C\C[C@H]2O[C@@]3(C)C[C@@]4(C)O[C@H]5CC[C@@H](OCc6ccc7ccccc7c6)[C@H](CCOCc6ccc7ccccc7c6)O[C@@H]5C[C@@H]4O[C@@H]3CC[C@@H]2O[C@@H]2C[C@@H]3O[C@@H]4C[C@]5(C)O[C@H](COCc6ccccc6)[C@@H](OCc6ccccc6)C[C@H]5O[C@H]4[C@H](OCc4ccccc4)[C@@]3(C)O[C@@H]12. The van der Waals surface area contributed by atoms with Crippen LogP contribution in [0.15, 0.2) is 188 Å². The first-order chi connectivity index (χ1) is 48.3. The van der Waals surface area contributed by atoms with Crippen LogP contribution >= 0.6 is 0 Å². The van der Waals surface area contributed by atoms with Gasteiger partial charge in [-0.15, -0.1) is 0 Å². The molecule has 8 saturated heterocycles. The summed E-state index contributed by atoms with van der Waals surface area (Å²) in [6, 6.07) is 61.2. The Morgan fingerprint density at radius 2 is 0.990 bits per heavy atom. The Morgan fingerprint density at radius 3 is 1.71 bits per heavy atom. The standard InChI is InChI=1S/C85H100O14/c1-55-20-19-31-68-66(38-39-75-83(3,96-68)54-84(4)77(94-75)45-71-69(97-84)37-36-65(88-52-60-33-35-62-28-16-18-30-64(62)43-60)67(91-71)40-41-86-49-59-32-34-61-27-15-17-29-63(61)42-59)92-72-46-78-85(5,99-79(55)72)81(90-51-58-25-13-8-14-26-58)80-73(93-78)47-82(2)76(95-80)44-70(89-50-57-23-11-7-12-24-57)74(98-82)53-87-48-56-21-9-6-10-22-56/h6-30,32-35,42-43,55,65-81H,31,36-41,44-54H2,1-5H3/b20-19-/t55-,65+,66-,67-,68+,69-,70-,71+,72+,73+,74+,75+,76+,77-,78-,79-,80+,81-,82-,83-,84+,85-/m0/s1. The van der Waals surface area contributed by atoms with Crippen LogP contribution in [0.2, 0.25) is 0 Å². The minimum Gasteiger partial charge on any atom is -0.377 e. The van der Waals surface area contributed by atoms with E-state index in [0.29, 0.717) is 91.2 Å². The minimum absolute atomic E-state index is 0.00563. The smallest absolute Gasteiger partial charge is 0.121 e. The van der Waals surface area contributed by atoms with Gasteiger partial charge in [0.2, 0.25) is 0 Å². The lowest BCUT2D eigenvalue weighted by Gasteiger charge is -2.62. The fourth-order valence-electron chi connectivity index (χ4n) is 18.3. The number of benzene rings is 7. The Morgan fingerprint density at radius 1 is 0.404 bits per heavy atom. The summed E-state index contributed by atoms with van der Waals surface area (Å²) in [5.74, 6) is 0.00563. The number of hydrogen-bond donors (Lipinski definition) is 0. The Balaban J connectivity index is 0.613. The van der Waals surface area contributed by atoms with Gasteiger partial charge in [-0.2, -0.15) is 0 Å². The van der Waals surface area contributed by atoms with Gasteiger partial charge in [-0.1, -0.05) is 183 Å². The van der Waals surface area contributed by atoms with E-state index >= 15 is 0 Å². The second kappa shape index (κ2) is 29.2. The molecule has 0 N–H and O–H groups in total. The van der Waals surface area contributed by atoms with Gasteiger partial charge in [-0.25, -0.2) is 0 Å². The van der Waals surface area contributed by atoms with E-state index in [2.05, 4.69) is 180 Å². The third kappa shape index (κ3) is 14.5. The van der Waals surface area contributed by atoms with Crippen molar-refractivity contribution >= 4 is 21.5 Å². The van der Waals surface area contributed by atoms with Gasteiger partial charge in [0.15, 0.2) is 0 Å². The van der Waals surface area contributed by atoms with E-state index in [1.807, 2.05) is 42.5 Å². The molecule has 7 aromatic rings. The van der Waals surface area contributed by atoms with Crippen LogP contribution in [0.3, 0.4) is 0 Å². The van der Waals surface area contributed by atoms with Crippen molar-refractivity contribution in [3.8, 4) is 0 Å². The molecule has 0 radical (unpaired) electrons. The highest BCUT2D eigenvalue weighted by molar-refractivity contribution is 5.83. The first-order valence-corrected chi connectivity index (χ1v) is 37.0. The molecular formula is C85H100O14. The highest BCUT2D eigenvalue weighted by atomic mass is 16.7. The average molecular weight is 1350 g/mol. The van der Waals surface area contributed by atoms with Crippen LogP contribution in [-0.4, -0.2) is 139 Å². The molecule has 9 aliphatic heterocycles. The molecule has 99 heavy (non-hydrogen) atoms. The van der Waals surface area contributed by atoms with Gasteiger partial charge in [0, 0.05) is 44.6 Å². The third-order valence-corrected chi connectivity index (χ3v) is 23.6. The maximum Gasteiger partial charge on any atom is 0.121 e. The highest BCUT2D eigenvalue weighted by Gasteiger charge is 2.66. The monoisotopic (exact) mass is 1340 g/mol. The Kier molecular flexibility index (Phi) is 20.0. The van der Waals surface area contributed by atoms with Crippen molar-refractivity contribution in [1.29, 1.82) is 0 Å². The maximum atomic E-state index is 7.69. The van der Waals surface area contributed by atoms with Gasteiger partial charge in [-0.05, 0) is 128 Å². The van der Waals surface area contributed by atoms with E-state index < -0.39 is 40.7 Å². The van der Waals surface area contributed by atoms with Crippen LogP contribution < -0.4 is 0 Å². The van der Waals surface area contributed by atoms with Crippen molar-refractivity contribution in [1.82, 2.24) is 0 Å². The van der Waals surface area contributed by atoms with Crippen LogP contribution in [0.1, 0.15) is 133 Å². The molecule has 22 atom stereocenters. The minimum atomic E-state index is -0.907. The van der Waals surface area contributed by atoms with Crippen LogP contribution in [0.4, 0.5) is 0 Å². The van der Waals surface area contributed by atoms with E-state index in [9.17, 15) is 0 Å². The molecule has 0 spiro atoms. The zero-order chi connectivity index (χ0) is 67.1. The fraction of sp³-hybridized carbons (Fsp3) is 0.529. The summed E-state index contributed by atoms with van der Waals surface area (Å²) in [7, 11) is 0. The predicted octanol–water partition coefficient (Wildman–Crippen LogP) is 15.4. The molecule has 8 fully saturated rings. The third-order valence-electron chi connectivity index (χ3n) is 23.6. The van der Waals surface area contributed by atoms with Crippen LogP contribution in [0, 0.1) is 5.92 Å². The van der Waals surface area contributed by atoms with Crippen LogP contribution in [0.5, 0.6) is 0 Å². The molecular weight excluding hydrogens is 1240 g/mol. The predicted molar refractivity (Wildman–Crippen MR) is 378 cm³/mol. The number of ether oxygens (including phenoxy) is 14. The zero-order valence-corrected chi connectivity index (χ0v) is 58.2. The van der Waals surface area contributed by atoms with E-state index in [0.717, 1.165) is 53.5 Å². The molecule has 0 unspecified atom stereocenters. The van der Waals surface area contributed by atoms with Crippen LogP contribution in [0.25, 0.3) is 21.5 Å². The van der Waals surface area contributed by atoms with Gasteiger partial charge in [0.25, 0.3) is 0 Å². The largest absolute Gasteiger partial charge is 0.377 e. The molecule has 0 aromatic heterocycles. The second-order valence-corrected chi connectivity index (χ2v) is 30.8. The topological polar surface area (TPSA) is 129 Å². The summed E-state index contributed by atoms with van der Waals surface area (Å²) in [6.45, 7) is 14.4. The number of rotatable bonds is 18. The first kappa shape index (κ1) is 67.7. The quantitative estimate of drug-likeness (QED) is 0.0597. The highest BCUT2D eigenvalue weighted by Crippen LogP contribution is 2.54. The maximum absolute atomic E-state index is 7.69. The van der Waals surface area contributed by atoms with Crippen molar-refractivity contribution in [3.63, 3.8) is 0 Å². The zero-order valence-electron chi connectivity index (χ0n) is 58.2. The lowest BCUT2D eigenvalue weighted by Crippen LogP contribution is -2.75. The normalized spacial score (nSPS) is 38.4.